The lowest BCUT2D eigenvalue weighted by Gasteiger charge is -2.15. The molecule has 0 aromatic heterocycles. The number of hydrogen-bond acceptors (Lipinski definition) is 1. The molecule has 0 bridgehead atoms. The third-order valence-electron chi connectivity index (χ3n) is 2.87. The van der Waals surface area contributed by atoms with Crippen LogP contribution in [0, 0.1) is 18.2 Å². The van der Waals surface area contributed by atoms with Crippen LogP contribution in [0.1, 0.15) is 18.1 Å². The maximum atomic E-state index is 13.1. The van der Waals surface area contributed by atoms with E-state index in [1.54, 1.807) is 12.1 Å². The Balaban J connectivity index is 2.01. The topological polar surface area (TPSA) is 12.0 Å². The molecule has 0 aliphatic heterocycles. The highest BCUT2D eigenvalue weighted by molar-refractivity contribution is 5.50. The lowest BCUT2D eigenvalue weighted by Crippen LogP contribution is -2.18. The number of rotatable bonds is 4. The molecule has 0 fully saturated rings. The van der Waals surface area contributed by atoms with Gasteiger partial charge in [0.2, 0.25) is 0 Å². The van der Waals surface area contributed by atoms with Gasteiger partial charge in [-0.3, -0.25) is 0 Å². The van der Waals surface area contributed by atoms with Crippen molar-refractivity contribution < 1.29 is 4.39 Å². The molecule has 0 saturated heterocycles. The molecule has 2 rings (SSSR count). The van der Waals surface area contributed by atoms with E-state index in [2.05, 4.69) is 18.2 Å². The molecule has 0 heterocycles. The molecule has 1 unspecified atom stereocenters. The Morgan fingerprint density at radius 3 is 2.74 bits per heavy atom. The van der Waals surface area contributed by atoms with Crippen molar-refractivity contribution in [3.63, 3.8) is 0 Å². The number of nitrogens with one attached hydrogen (secondary N) is 1. The quantitative estimate of drug-likeness (QED) is 0.816. The molecule has 0 amide bonds. The highest BCUT2D eigenvalue weighted by atomic mass is 19.1. The number of halogens is 1. The summed E-state index contributed by atoms with van der Waals surface area (Å²) in [5.74, 6) is 2.41. The van der Waals surface area contributed by atoms with Gasteiger partial charge < -0.3 is 5.32 Å². The summed E-state index contributed by atoms with van der Waals surface area (Å²) in [5.41, 5.74) is 2.82. The summed E-state index contributed by atoms with van der Waals surface area (Å²) >= 11 is 0. The molecule has 1 atom stereocenters. The van der Waals surface area contributed by atoms with Crippen molar-refractivity contribution in [3.05, 3.63) is 65.5 Å². The fourth-order valence-corrected chi connectivity index (χ4v) is 2.05. The van der Waals surface area contributed by atoms with E-state index >= 15 is 0 Å². The molecule has 2 aromatic carbocycles. The van der Waals surface area contributed by atoms with Gasteiger partial charge in [-0.2, -0.15) is 0 Å². The van der Waals surface area contributed by atoms with E-state index in [-0.39, 0.29) is 11.9 Å². The predicted octanol–water partition coefficient (Wildman–Crippen LogP) is 3.85. The van der Waals surface area contributed by atoms with Crippen LogP contribution in [0.3, 0.4) is 0 Å². The van der Waals surface area contributed by atoms with E-state index in [1.807, 2.05) is 30.3 Å². The van der Waals surface area contributed by atoms with Crippen LogP contribution in [0.25, 0.3) is 0 Å². The SMILES string of the molecule is C#Cc1cccc(NC(C)Cc2cccc(F)c2)c1. The van der Waals surface area contributed by atoms with Gasteiger partial charge in [0.15, 0.2) is 0 Å². The smallest absolute Gasteiger partial charge is 0.123 e. The van der Waals surface area contributed by atoms with E-state index in [0.717, 1.165) is 23.2 Å². The maximum absolute atomic E-state index is 13.1. The lowest BCUT2D eigenvalue weighted by molar-refractivity contribution is 0.624. The molecule has 19 heavy (non-hydrogen) atoms. The molecule has 0 aliphatic rings. The minimum absolute atomic E-state index is 0.195. The first-order chi connectivity index (χ1) is 9.17. The van der Waals surface area contributed by atoms with Crippen LogP contribution in [-0.4, -0.2) is 6.04 Å². The van der Waals surface area contributed by atoms with Crippen molar-refractivity contribution in [1.82, 2.24) is 0 Å². The Morgan fingerprint density at radius 1 is 1.21 bits per heavy atom. The first kappa shape index (κ1) is 13.2. The van der Waals surface area contributed by atoms with Crippen LogP contribution in [0.15, 0.2) is 48.5 Å². The fourth-order valence-electron chi connectivity index (χ4n) is 2.05. The van der Waals surface area contributed by atoms with E-state index in [1.165, 1.54) is 6.07 Å². The minimum Gasteiger partial charge on any atom is -0.382 e. The van der Waals surface area contributed by atoms with Gasteiger partial charge in [0.05, 0.1) is 0 Å². The third-order valence-corrected chi connectivity index (χ3v) is 2.87. The van der Waals surface area contributed by atoms with Gasteiger partial charge in [-0.05, 0) is 49.2 Å². The zero-order valence-corrected chi connectivity index (χ0v) is 10.9. The zero-order valence-electron chi connectivity index (χ0n) is 10.9. The zero-order chi connectivity index (χ0) is 13.7. The Kier molecular flexibility index (Phi) is 4.20. The molecule has 0 aliphatic carbocycles. The largest absolute Gasteiger partial charge is 0.382 e. The average molecular weight is 253 g/mol. The van der Waals surface area contributed by atoms with E-state index in [0.29, 0.717) is 0 Å². The summed E-state index contributed by atoms with van der Waals surface area (Å²) in [6.07, 6.45) is 6.13. The first-order valence-corrected chi connectivity index (χ1v) is 6.25. The van der Waals surface area contributed by atoms with Gasteiger partial charge in [0, 0.05) is 17.3 Å². The van der Waals surface area contributed by atoms with Gasteiger partial charge in [-0.15, -0.1) is 6.42 Å². The van der Waals surface area contributed by atoms with Crippen LogP contribution >= 0.6 is 0 Å². The standard InChI is InChI=1S/C17H16FN/c1-3-14-6-5-9-17(12-14)19-13(2)10-15-7-4-8-16(18)11-15/h1,4-9,11-13,19H,10H2,2H3. The van der Waals surface area contributed by atoms with Crippen LogP contribution < -0.4 is 5.32 Å². The monoisotopic (exact) mass is 253 g/mol. The number of benzene rings is 2. The van der Waals surface area contributed by atoms with Gasteiger partial charge in [0.25, 0.3) is 0 Å². The Bertz CT molecular complexity index is 598. The van der Waals surface area contributed by atoms with Crippen molar-refractivity contribution in [2.75, 3.05) is 5.32 Å². The first-order valence-electron chi connectivity index (χ1n) is 6.25. The summed E-state index contributed by atoms with van der Waals surface area (Å²) in [7, 11) is 0. The molecule has 2 aromatic rings. The Hall–Kier alpha value is -2.27. The molecular weight excluding hydrogens is 237 g/mol. The van der Waals surface area contributed by atoms with Crippen LogP contribution in [0.4, 0.5) is 10.1 Å². The van der Waals surface area contributed by atoms with Gasteiger partial charge in [0.1, 0.15) is 5.82 Å². The molecule has 0 spiro atoms. The highest BCUT2D eigenvalue weighted by Crippen LogP contribution is 2.13. The fraction of sp³-hybridized carbons (Fsp3) is 0.176. The van der Waals surface area contributed by atoms with E-state index in [9.17, 15) is 4.39 Å². The van der Waals surface area contributed by atoms with Crippen molar-refractivity contribution in [2.45, 2.75) is 19.4 Å². The lowest BCUT2D eigenvalue weighted by atomic mass is 10.1. The Morgan fingerprint density at radius 2 is 2.00 bits per heavy atom. The van der Waals surface area contributed by atoms with Crippen molar-refractivity contribution in [1.29, 1.82) is 0 Å². The summed E-state index contributed by atoms with van der Waals surface area (Å²) in [6, 6.07) is 14.6. The summed E-state index contributed by atoms with van der Waals surface area (Å²) in [6.45, 7) is 2.06. The molecule has 2 heteroatoms. The number of hydrogen-bond donors (Lipinski definition) is 1. The highest BCUT2D eigenvalue weighted by Gasteiger charge is 2.04. The molecule has 0 radical (unpaired) electrons. The van der Waals surface area contributed by atoms with Gasteiger partial charge in [-0.25, -0.2) is 4.39 Å². The summed E-state index contributed by atoms with van der Waals surface area (Å²) < 4.78 is 13.1. The van der Waals surface area contributed by atoms with Gasteiger partial charge in [-0.1, -0.05) is 24.1 Å². The summed E-state index contributed by atoms with van der Waals surface area (Å²) in [5, 5.41) is 3.37. The second-order valence-electron chi connectivity index (χ2n) is 4.60. The predicted molar refractivity (Wildman–Crippen MR) is 77.6 cm³/mol. The number of anilines is 1. The third kappa shape index (κ3) is 3.86. The van der Waals surface area contributed by atoms with Crippen molar-refractivity contribution >= 4 is 5.69 Å². The second-order valence-corrected chi connectivity index (χ2v) is 4.60. The van der Waals surface area contributed by atoms with Crippen LogP contribution in [-0.2, 0) is 6.42 Å². The maximum Gasteiger partial charge on any atom is 0.123 e. The van der Waals surface area contributed by atoms with E-state index < -0.39 is 0 Å². The number of terminal acetylenes is 1. The molecular formula is C17H16FN. The molecule has 1 N–H and O–H groups in total. The van der Waals surface area contributed by atoms with Crippen LogP contribution in [0.5, 0.6) is 0 Å². The minimum atomic E-state index is -0.195. The van der Waals surface area contributed by atoms with Crippen molar-refractivity contribution in [2.24, 2.45) is 0 Å². The molecule has 0 saturated carbocycles. The summed E-state index contributed by atoms with van der Waals surface area (Å²) in [4.78, 5) is 0. The average Bonchev–Trinajstić information content (AvgIpc) is 2.38. The normalized spacial score (nSPS) is 11.6. The molecule has 96 valence electrons. The van der Waals surface area contributed by atoms with Crippen molar-refractivity contribution in [3.8, 4) is 12.3 Å². The van der Waals surface area contributed by atoms with Gasteiger partial charge >= 0.3 is 0 Å². The van der Waals surface area contributed by atoms with Crippen LogP contribution in [0.2, 0.25) is 0 Å². The molecule has 1 nitrogen and oxygen atoms in total. The second kappa shape index (κ2) is 6.06. The van der Waals surface area contributed by atoms with E-state index in [4.69, 9.17) is 6.42 Å². The Labute approximate surface area is 113 Å².